The second kappa shape index (κ2) is 8.79. The van der Waals surface area contributed by atoms with Gasteiger partial charge in [-0.3, -0.25) is 4.99 Å². The molecule has 1 fully saturated rings. The van der Waals surface area contributed by atoms with Gasteiger partial charge in [-0.05, 0) is 46.5 Å². The van der Waals surface area contributed by atoms with Gasteiger partial charge in [-0.25, -0.2) is 4.79 Å². The summed E-state index contributed by atoms with van der Waals surface area (Å²) in [5.41, 5.74) is -0.443. The average molecular weight is 424 g/mol. The zero-order valence-electron chi connectivity index (χ0n) is 13.9. The van der Waals surface area contributed by atoms with Crippen molar-refractivity contribution in [3.63, 3.8) is 0 Å². The predicted octanol–water partition coefficient (Wildman–Crippen LogP) is 2.33. The molecule has 1 atom stereocenters. The molecule has 0 aromatic carbocycles. The van der Waals surface area contributed by atoms with Gasteiger partial charge in [0.25, 0.3) is 0 Å². The van der Waals surface area contributed by atoms with Crippen LogP contribution in [0.3, 0.4) is 0 Å². The van der Waals surface area contributed by atoms with E-state index in [0.29, 0.717) is 0 Å². The topological polar surface area (TPSA) is 66.0 Å². The number of halogens is 1. The van der Waals surface area contributed by atoms with Gasteiger partial charge in [-0.15, -0.1) is 24.0 Å². The predicted molar refractivity (Wildman–Crippen MR) is 98.9 cm³/mol. The molecule has 6 nitrogen and oxygen atoms in total. The third kappa shape index (κ3) is 6.18. The van der Waals surface area contributed by atoms with Crippen molar-refractivity contribution in [2.45, 2.75) is 58.1 Å². The lowest BCUT2D eigenvalue weighted by atomic mass is 10.0. The molecule has 2 aliphatic rings. The lowest BCUT2D eigenvalue weighted by Gasteiger charge is -2.37. The molecule has 2 heterocycles. The summed E-state index contributed by atoms with van der Waals surface area (Å²) >= 11 is 0. The number of carbonyl (C=O) groups is 1. The van der Waals surface area contributed by atoms with E-state index in [1.807, 2.05) is 25.7 Å². The van der Waals surface area contributed by atoms with E-state index in [1.165, 1.54) is 0 Å². The highest BCUT2D eigenvalue weighted by Crippen LogP contribution is 2.20. The minimum absolute atomic E-state index is 0. The Morgan fingerprint density at radius 2 is 2.18 bits per heavy atom. The molecule has 1 amide bonds. The molecule has 7 heteroatoms. The maximum Gasteiger partial charge on any atom is 0.410 e. The number of hydrogen-bond acceptors (Lipinski definition) is 5. The maximum absolute atomic E-state index is 12.3. The van der Waals surface area contributed by atoms with Crippen molar-refractivity contribution in [1.29, 1.82) is 0 Å². The number of rotatable bonds is 2. The van der Waals surface area contributed by atoms with Crippen LogP contribution in [0.15, 0.2) is 4.99 Å². The van der Waals surface area contributed by atoms with Crippen molar-refractivity contribution in [2.24, 2.45) is 4.99 Å². The molecule has 0 saturated carbocycles. The number of carbonyl (C=O) groups excluding carboxylic acids is 1. The molecule has 2 aliphatic heterocycles. The van der Waals surface area contributed by atoms with Gasteiger partial charge in [0.1, 0.15) is 5.60 Å². The summed E-state index contributed by atoms with van der Waals surface area (Å²) in [6.07, 6.45) is 4.10. The number of nitrogens with one attached hydrogen (secondary N) is 2. The van der Waals surface area contributed by atoms with Gasteiger partial charge >= 0.3 is 6.09 Å². The molecule has 128 valence electrons. The molecule has 0 aromatic heterocycles. The van der Waals surface area contributed by atoms with E-state index >= 15 is 0 Å². The lowest BCUT2D eigenvalue weighted by molar-refractivity contribution is 0.0104. The molecule has 22 heavy (non-hydrogen) atoms. The summed E-state index contributed by atoms with van der Waals surface area (Å²) in [6.45, 7) is 9.06. The number of amides is 1. The van der Waals surface area contributed by atoms with Gasteiger partial charge in [0.2, 0.25) is 0 Å². The highest BCUT2D eigenvalue weighted by Gasteiger charge is 2.30. The minimum Gasteiger partial charge on any atom is -0.444 e. The van der Waals surface area contributed by atoms with E-state index in [2.05, 4.69) is 15.6 Å². The zero-order valence-corrected chi connectivity index (χ0v) is 16.2. The minimum atomic E-state index is -0.443. The summed E-state index contributed by atoms with van der Waals surface area (Å²) in [6, 6.07) is 0.181. The quantitative estimate of drug-likeness (QED) is 0.668. The normalized spacial score (nSPS) is 22.0. The molecule has 0 radical (unpaired) electrons. The summed E-state index contributed by atoms with van der Waals surface area (Å²) in [5, 5.41) is 6.57. The van der Waals surface area contributed by atoms with Crippen LogP contribution in [-0.4, -0.2) is 54.8 Å². The van der Waals surface area contributed by atoms with Crippen LogP contribution in [0, 0.1) is 0 Å². The Bertz CT molecular complexity index is 395. The molecule has 2 rings (SSSR count). The Hall–Kier alpha value is -0.730. The number of aliphatic imine (C=N–C) groups is 1. The van der Waals surface area contributed by atoms with Crippen LogP contribution in [0.4, 0.5) is 4.79 Å². The standard InChI is InChI=1S/C15H28N4O2.HI/c1-15(2,3)21-14(20)19-10-5-4-7-12(19)11-18-13-16-8-6-9-17-13;/h12H,4-11H2,1-3H3,(H2,16,17,18);1H. The number of likely N-dealkylation sites (tertiary alicyclic amines) is 1. The van der Waals surface area contributed by atoms with Crippen molar-refractivity contribution < 1.29 is 9.53 Å². The number of ether oxygens (including phenoxy) is 1. The first-order valence-corrected chi connectivity index (χ1v) is 7.97. The van der Waals surface area contributed by atoms with Crippen LogP contribution in [0.2, 0.25) is 0 Å². The third-order valence-corrected chi connectivity index (χ3v) is 3.66. The second-order valence-electron chi connectivity index (χ2n) is 6.71. The fourth-order valence-corrected chi connectivity index (χ4v) is 2.64. The van der Waals surface area contributed by atoms with Gasteiger partial charge < -0.3 is 20.3 Å². The maximum atomic E-state index is 12.3. The highest BCUT2D eigenvalue weighted by atomic mass is 127. The molecule has 0 bridgehead atoms. The van der Waals surface area contributed by atoms with E-state index in [1.54, 1.807) is 0 Å². The number of guanidine groups is 1. The van der Waals surface area contributed by atoms with E-state index in [4.69, 9.17) is 4.74 Å². The summed E-state index contributed by atoms with van der Waals surface area (Å²) in [5.74, 6) is 0.857. The third-order valence-electron chi connectivity index (χ3n) is 3.66. The van der Waals surface area contributed by atoms with Crippen LogP contribution < -0.4 is 10.6 Å². The van der Waals surface area contributed by atoms with Crippen LogP contribution >= 0.6 is 24.0 Å². The monoisotopic (exact) mass is 424 g/mol. The molecule has 0 aliphatic carbocycles. The summed E-state index contributed by atoms with van der Waals surface area (Å²) in [4.78, 5) is 18.6. The van der Waals surface area contributed by atoms with Crippen LogP contribution in [0.5, 0.6) is 0 Å². The van der Waals surface area contributed by atoms with Crippen molar-refractivity contribution >= 4 is 36.0 Å². The van der Waals surface area contributed by atoms with Crippen molar-refractivity contribution in [2.75, 3.05) is 26.2 Å². The molecule has 1 saturated heterocycles. The Morgan fingerprint density at radius 1 is 1.41 bits per heavy atom. The van der Waals surface area contributed by atoms with Gasteiger partial charge in [0, 0.05) is 26.2 Å². The molecule has 0 spiro atoms. The molecule has 1 unspecified atom stereocenters. The van der Waals surface area contributed by atoms with Crippen LogP contribution in [-0.2, 0) is 4.74 Å². The van der Waals surface area contributed by atoms with Crippen LogP contribution in [0.25, 0.3) is 0 Å². The number of hydrogen-bond donors (Lipinski definition) is 2. The van der Waals surface area contributed by atoms with Gasteiger partial charge in [0.15, 0.2) is 5.96 Å². The van der Waals surface area contributed by atoms with Crippen molar-refractivity contribution in [1.82, 2.24) is 15.5 Å². The smallest absolute Gasteiger partial charge is 0.410 e. The Kier molecular flexibility index (Phi) is 7.71. The summed E-state index contributed by atoms with van der Waals surface area (Å²) < 4.78 is 5.51. The molecule has 0 aromatic rings. The fraction of sp³-hybridized carbons (Fsp3) is 0.867. The Labute approximate surface area is 150 Å². The summed E-state index contributed by atoms with van der Waals surface area (Å²) in [7, 11) is 0. The van der Waals surface area contributed by atoms with Gasteiger partial charge in [-0.1, -0.05) is 0 Å². The molecular formula is C15H29IN4O2. The second-order valence-corrected chi connectivity index (χ2v) is 6.71. The van der Waals surface area contributed by atoms with Gasteiger partial charge in [0.05, 0.1) is 6.04 Å². The Morgan fingerprint density at radius 3 is 2.82 bits per heavy atom. The lowest BCUT2D eigenvalue weighted by Crippen LogP contribution is -2.52. The Balaban J connectivity index is 0.00000242. The number of nitrogens with zero attached hydrogens (tertiary/aromatic N) is 2. The SMILES string of the molecule is CC(C)(C)OC(=O)N1CCCCC1CNC1=NCCCN1.I. The number of piperidine rings is 1. The molecular weight excluding hydrogens is 395 g/mol. The zero-order chi connectivity index (χ0) is 15.3. The first kappa shape index (κ1) is 19.3. The van der Waals surface area contributed by atoms with E-state index in [0.717, 1.165) is 57.8 Å². The largest absolute Gasteiger partial charge is 0.444 e. The van der Waals surface area contributed by atoms with E-state index in [-0.39, 0.29) is 36.1 Å². The van der Waals surface area contributed by atoms with Gasteiger partial charge in [-0.2, -0.15) is 0 Å². The fourth-order valence-electron chi connectivity index (χ4n) is 2.64. The van der Waals surface area contributed by atoms with Crippen LogP contribution in [0.1, 0.15) is 46.5 Å². The first-order valence-electron chi connectivity index (χ1n) is 7.97. The van der Waals surface area contributed by atoms with E-state index in [9.17, 15) is 4.79 Å². The highest BCUT2D eigenvalue weighted by molar-refractivity contribution is 14.0. The molecule has 2 N–H and O–H groups in total. The van der Waals surface area contributed by atoms with Crippen molar-refractivity contribution in [3.05, 3.63) is 0 Å². The van der Waals surface area contributed by atoms with Crippen molar-refractivity contribution in [3.8, 4) is 0 Å². The van der Waals surface area contributed by atoms with E-state index < -0.39 is 5.60 Å². The average Bonchev–Trinajstić information content (AvgIpc) is 2.45. The first-order chi connectivity index (χ1) is 9.96.